The molecule has 19 heavy (non-hydrogen) atoms. The third-order valence-corrected chi connectivity index (χ3v) is 3.73. The maximum absolute atomic E-state index is 12.2. The van der Waals surface area contributed by atoms with Gasteiger partial charge >= 0.3 is 0 Å². The van der Waals surface area contributed by atoms with Crippen LogP contribution in [0.2, 0.25) is 0 Å². The zero-order valence-corrected chi connectivity index (χ0v) is 12.5. The first kappa shape index (κ1) is 14.3. The number of nitrogens with zero attached hydrogens (tertiary/aromatic N) is 1. The molecule has 1 saturated heterocycles. The van der Waals surface area contributed by atoms with Crippen LogP contribution in [0.25, 0.3) is 0 Å². The van der Waals surface area contributed by atoms with Crippen LogP contribution in [0.3, 0.4) is 0 Å². The second-order valence-corrected chi connectivity index (χ2v) is 5.69. The maximum atomic E-state index is 12.2. The number of benzene rings is 1. The van der Waals surface area contributed by atoms with Gasteiger partial charge < -0.3 is 14.7 Å². The smallest absolute Gasteiger partial charge is 0.263 e. The summed E-state index contributed by atoms with van der Waals surface area (Å²) in [6.07, 6.45) is 0.514. The van der Waals surface area contributed by atoms with Gasteiger partial charge in [-0.05, 0) is 38.0 Å². The predicted octanol–water partition coefficient (Wildman–Crippen LogP) is 2.20. The highest BCUT2D eigenvalue weighted by molar-refractivity contribution is 9.10. The number of amides is 1. The van der Waals surface area contributed by atoms with Crippen LogP contribution < -0.4 is 4.74 Å². The number of carbonyl (C=O) groups excluding carboxylic acids is 1. The van der Waals surface area contributed by atoms with Crippen molar-refractivity contribution >= 4 is 21.8 Å². The fraction of sp³-hybridized carbons (Fsp3) is 0.500. The van der Waals surface area contributed by atoms with E-state index >= 15 is 0 Å². The van der Waals surface area contributed by atoms with Gasteiger partial charge in [0, 0.05) is 17.6 Å². The van der Waals surface area contributed by atoms with Crippen molar-refractivity contribution in [3.63, 3.8) is 0 Å². The summed E-state index contributed by atoms with van der Waals surface area (Å²) in [4.78, 5) is 14.0. The van der Waals surface area contributed by atoms with E-state index in [0.29, 0.717) is 31.7 Å². The number of rotatable bonds is 3. The van der Waals surface area contributed by atoms with Gasteiger partial charge in [0.05, 0.1) is 6.10 Å². The molecule has 0 spiro atoms. The topological polar surface area (TPSA) is 49.8 Å². The van der Waals surface area contributed by atoms with Crippen LogP contribution in [0.15, 0.2) is 28.7 Å². The van der Waals surface area contributed by atoms with E-state index in [1.54, 1.807) is 11.8 Å². The van der Waals surface area contributed by atoms with Crippen molar-refractivity contribution in [2.75, 3.05) is 13.1 Å². The summed E-state index contributed by atoms with van der Waals surface area (Å²) in [5.41, 5.74) is 0. The average molecular weight is 328 g/mol. The summed E-state index contributed by atoms with van der Waals surface area (Å²) >= 11 is 3.37. The molecule has 2 rings (SSSR count). The van der Waals surface area contributed by atoms with Gasteiger partial charge in [-0.1, -0.05) is 22.0 Å². The second kappa shape index (κ2) is 6.39. The highest BCUT2D eigenvalue weighted by Gasteiger charge is 2.26. The van der Waals surface area contributed by atoms with Gasteiger partial charge in [-0.25, -0.2) is 0 Å². The summed E-state index contributed by atoms with van der Waals surface area (Å²) < 4.78 is 6.58. The van der Waals surface area contributed by atoms with E-state index in [4.69, 9.17) is 4.74 Å². The molecule has 1 N–H and O–H groups in total. The molecular formula is C14H18BrNO3. The van der Waals surface area contributed by atoms with Crippen LogP contribution >= 0.6 is 15.9 Å². The van der Waals surface area contributed by atoms with Crippen LogP contribution in [-0.4, -0.2) is 41.2 Å². The normalized spacial score (nSPS) is 18.2. The van der Waals surface area contributed by atoms with Crippen LogP contribution in [0.5, 0.6) is 5.75 Å². The third kappa shape index (κ3) is 3.94. The number of carbonyl (C=O) groups is 1. The van der Waals surface area contributed by atoms with Gasteiger partial charge in [0.1, 0.15) is 5.75 Å². The molecule has 5 heteroatoms. The summed E-state index contributed by atoms with van der Waals surface area (Å²) in [5, 5.41) is 9.44. The van der Waals surface area contributed by atoms with E-state index in [9.17, 15) is 9.90 Å². The fourth-order valence-electron chi connectivity index (χ4n) is 2.14. The van der Waals surface area contributed by atoms with E-state index < -0.39 is 6.10 Å². The minimum absolute atomic E-state index is 0.0214. The lowest BCUT2D eigenvalue weighted by Crippen LogP contribution is -2.45. The predicted molar refractivity (Wildman–Crippen MR) is 76.1 cm³/mol. The lowest BCUT2D eigenvalue weighted by Gasteiger charge is -2.31. The van der Waals surface area contributed by atoms with Crippen molar-refractivity contribution in [1.29, 1.82) is 0 Å². The average Bonchev–Trinajstić information content (AvgIpc) is 2.39. The number of hydrogen-bond acceptors (Lipinski definition) is 3. The summed E-state index contributed by atoms with van der Waals surface area (Å²) in [6.45, 7) is 2.96. The van der Waals surface area contributed by atoms with Crippen LogP contribution in [-0.2, 0) is 4.79 Å². The van der Waals surface area contributed by atoms with Gasteiger partial charge in [0.2, 0.25) is 0 Å². The minimum Gasteiger partial charge on any atom is -0.481 e. The van der Waals surface area contributed by atoms with Crippen molar-refractivity contribution in [3.8, 4) is 5.75 Å². The number of halogens is 1. The SMILES string of the molecule is C[C@@H](Oc1cccc(Br)c1)C(=O)N1CCC(O)CC1. The number of ether oxygens (including phenoxy) is 1. The Labute approximate surface area is 121 Å². The van der Waals surface area contributed by atoms with Gasteiger partial charge in [0.25, 0.3) is 5.91 Å². The van der Waals surface area contributed by atoms with Crippen molar-refractivity contribution in [1.82, 2.24) is 4.90 Å². The number of aliphatic hydroxyl groups excluding tert-OH is 1. The molecule has 1 aliphatic heterocycles. The maximum Gasteiger partial charge on any atom is 0.263 e. The monoisotopic (exact) mass is 327 g/mol. The molecule has 0 bridgehead atoms. The van der Waals surface area contributed by atoms with Gasteiger partial charge in [-0.2, -0.15) is 0 Å². The fourth-order valence-corrected chi connectivity index (χ4v) is 2.52. The van der Waals surface area contributed by atoms with Crippen molar-refractivity contribution in [2.45, 2.75) is 32.0 Å². The van der Waals surface area contributed by atoms with Crippen LogP contribution in [0, 0.1) is 0 Å². The molecule has 104 valence electrons. The molecule has 4 nitrogen and oxygen atoms in total. The molecule has 1 aromatic rings. The molecule has 1 heterocycles. The van der Waals surface area contributed by atoms with E-state index in [1.807, 2.05) is 24.3 Å². The Bertz CT molecular complexity index is 444. The Hall–Kier alpha value is -1.07. The Morgan fingerprint density at radius 2 is 2.16 bits per heavy atom. The van der Waals surface area contributed by atoms with E-state index in [1.165, 1.54) is 0 Å². The Morgan fingerprint density at radius 3 is 2.79 bits per heavy atom. The lowest BCUT2D eigenvalue weighted by atomic mass is 10.1. The number of hydrogen-bond donors (Lipinski definition) is 1. The van der Waals surface area contributed by atoms with Gasteiger partial charge in [-0.15, -0.1) is 0 Å². The van der Waals surface area contributed by atoms with Gasteiger partial charge in [0.15, 0.2) is 6.10 Å². The molecule has 1 aromatic carbocycles. The second-order valence-electron chi connectivity index (χ2n) is 4.77. The summed E-state index contributed by atoms with van der Waals surface area (Å²) in [6, 6.07) is 7.44. The molecule has 0 aliphatic carbocycles. The van der Waals surface area contributed by atoms with Crippen LogP contribution in [0.4, 0.5) is 0 Å². The summed E-state index contributed by atoms with van der Waals surface area (Å²) in [5.74, 6) is 0.652. The molecule has 1 amide bonds. The molecular weight excluding hydrogens is 310 g/mol. The van der Waals surface area contributed by atoms with Crippen molar-refractivity contribution < 1.29 is 14.6 Å². The van der Waals surface area contributed by atoms with Crippen LogP contribution in [0.1, 0.15) is 19.8 Å². The molecule has 0 aromatic heterocycles. The number of piperidine rings is 1. The molecule has 0 unspecified atom stereocenters. The number of likely N-dealkylation sites (tertiary alicyclic amines) is 1. The van der Waals surface area contributed by atoms with Gasteiger partial charge in [-0.3, -0.25) is 4.79 Å². The lowest BCUT2D eigenvalue weighted by molar-refractivity contribution is -0.139. The first-order chi connectivity index (χ1) is 9.06. The van der Waals surface area contributed by atoms with Crippen molar-refractivity contribution in [3.05, 3.63) is 28.7 Å². The standard InChI is InChI=1S/C14H18BrNO3/c1-10(19-13-4-2-3-11(15)9-13)14(18)16-7-5-12(17)6-8-16/h2-4,9-10,12,17H,5-8H2,1H3/t10-/m1/s1. The van der Waals surface area contributed by atoms with E-state index in [-0.39, 0.29) is 12.0 Å². The van der Waals surface area contributed by atoms with E-state index in [2.05, 4.69) is 15.9 Å². The quantitative estimate of drug-likeness (QED) is 0.925. The molecule has 0 radical (unpaired) electrons. The zero-order chi connectivity index (χ0) is 13.8. The Kier molecular flexibility index (Phi) is 4.82. The third-order valence-electron chi connectivity index (χ3n) is 3.23. The zero-order valence-electron chi connectivity index (χ0n) is 10.9. The molecule has 0 saturated carbocycles. The minimum atomic E-state index is -0.510. The Morgan fingerprint density at radius 1 is 1.47 bits per heavy atom. The van der Waals surface area contributed by atoms with E-state index in [0.717, 1.165) is 4.47 Å². The Balaban J connectivity index is 1.92. The highest BCUT2D eigenvalue weighted by Crippen LogP contribution is 2.20. The highest BCUT2D eigenvalue weighted by atomic mass is 79.9. The molecule has 1 aliphatic rings. The first-order valence-electron chi connectivity index (χ1n) is 6.45. The van der Waals surface area contributed by atoms with Crippen molar-refractivity contribution in [2.24, 2.45) is 0 Å². The molecule has 1 fully saturated rings. The first-order valence-corrected chi connectivity index (χ1v) is 7.24. The number of aliphatic hydroxyl groups is 1. The summed E-state index contributed by atoms with van der Waals surface area (Å²) in [7, 11) is 0. The largest absolute Gasteiger partial charge is 0.481 e. The molecule has 1 atom stereocenters.